The highest BCUT2D eigenvalue weighted by atomic mass is 16.7. The lowest BCUT2D eigenvalue weighted by Crippen LogP contribution is -2.66. The fourth-order valence-electron chi connectivity index (χ4n) is 3.12. The number of ether oxygens (including phenoxy) is 7. The Labute approximate surface area is 193 Å². The topological polar surface area (TPSA) is 145 Å². The minimum absolute atomic E-state index is 0.0832. The summed E-state index contributed by atoms with van der Waals surface area (Å²) >= 11 is 0. The van der Waals surface area contributed by atoms with Crippen LogP contribution in [0.3, 0.4) is 0 Å². The van der Waals surface area contributed by atoms with Gasteiger partial charge in [-0.25, -0.2) is 0 Å². The SMILES string of the molecule is CCCOCCOCCO[C@@H]1O[C@H](COC(C)=O)[C@H](OC(C)=O)[C@H](OC(C)=O)[C@H]1NC(C)=O. The van der Waals surface area contributed by atoms with Gasteiger partial charge in [0.2, 0.25) is 5.91 Å². The molecule has 12 heteroatoms. The van der Waals surface area contributed by atoms with Gasteiger partial charge in [0, 0.05) is 34.3 Å². The maximum absolute atomic E-state index is 11.8. The van der Waals surface area contributed by atoms with E-state index < -0.39 is 54.5 Å². The van der Waals surface area contributed by atoms with E-state index in [1.54, 1.807) is 0 Å². The fourth-order valence-corrected chi connectivity index (χ4v) is 3.12. The van der Waals surface area contributed by atoms with E-state index in [4.69, 9.17) is 33.2 Å². The molecule has 5 atom stereocenters. The van der Waals surface area contributed by atoms with Gasteiger partial charge in [0.05, 0.1) is 26.4 Å². The first-order valence-electron chi connectivity index (χ1n) is 10.8. The molecule has 1 aliphatic heterocycles. The van der Waals surface area contributed by atoms with Crippen molar-refractivity contribution in [2.75, 3.05) is 39.6 Å². The summed E-state index contributed by atoms with van der Waals surface area (Å²) in [5.41, 5.74) is 0. The number of hydrogen-bond donors (Lipinski definition) is 1. The summed E-state index contributed by atoms with van der Waals surface area (Å²) in [5.74, 6) is -2.37. The zero-order chi connectivity index (χ0) is 24.8. The van der Waals surface area contributed by atoms with Crippen LogP contribution < -0.4 is 5.32 Å². The Morgan fingerprint density at radius 1 is 0.788 bits per heavy atom. The number of esters is 3. The molecule has 1 saturated heterocycles. The molecule has 0 aliphatic carbocycles. The Bertz CT molecular complexity index is 642. The second-order valence-corrected chi connectivity index (χ2v) is 7.32. The van der Waals surface area contributed by atoms with E-state index >= 15 is 0 Å². The molecule has 1 rings (SSSR count). The van der Waals surface area contributed by atoms with E-state index in [9.17, 15) is 19.2 Å². The van der Waals surface area contributed by atoms with Crippen LogP contribution in [0, 0.1) is 0 Å². The third kappa shape index (κ3) is 11.4. The Kier molecular flexibility index (Phi) is 13.5. The van der Waals surface area contributed by atoms with Crippen molar-refractivity contribution in [1.29, 1.82) is 0 Å². The number of nitrogens with one attached hydrogen (secondary N) is 1. The molecule has 0 radical (unpaired) electrons. The monoisotopic (exact) mass is 477 g/mol. The minimum atomic E-state index is -1.16. The molecule has 0 saturated carbocycles. The van der Waals surface area contributed by atoms with Crippen molar-refractivity contribution in [3.63, 3.8) is 0 Å². The minimum Gasteiger partial charge on any atom is -0.463 e. The Morgan fingerprint density at radius 2 is 1.36 bits per heavy atom. The maximum atomic E-state index is 11.8. The van der Waals surface area contributed by atoms with Gasteiger partial charge in [0.25, 0.3) is 0 Å². The van der Waals surface area contributed by atoms with Gasteiger partial charge >= 0.3 is 17.9 Å². The zero-order valence-corrected chi connectivity index (χ0v) is 19.8. The van der Waals surface area contributed by atoms with Crippen molar-refractivity contribution in [2.45, 2.75) is 71.7 Å². The third-order valence-electron chi connectivity index (χ3n) is 4.30. The summed E-state index contributed by atoms with van der Waals surface area (Å²) in [6, 6.07) is -1.00. The predicted octanol–water partition coefficient (Wildman–Crippen LogP) is 0.102. The number of rotatable bonds is 14. The molecular weight excluding hydrogens is 442 g/mol. The number of hydrogen-bond acceptors (Lipinski definition) is 11. The molecule has 0 aromatic rings. The van der Waals surface area contributed by atoms with Crippen LogP contribution in [0.2, 0.25) is 0 Å². The van der Waals surface area contributed by atoms with Crippen LogP contribution in [0.4, 0.5) is 0 Å². The molecule has 12 nitrogen and oxygen atoms in total. The average molecular weight is 478 g/mol. The first kappa shape index (κ1) is 28.8. The molecule has 0 spiro atoms. The van der Waals surface area contributed by atoms with Gasteiger partial charge in [-0.3, -0.25) is 19.2 Å². The Balaban J connectivity index is 2.95. The third-order valence-corrected chi connectivity index (χ3v) is 4.30. The standard InChI is InChI=1S/C21H35NO11/c1-6-7-27-8-9-28-10-11-29-21-18(22-13(2)23)20(32-16(5)26)19(31-15(4)25)17(33-21)12-30-14(3)24/h17-21H,6-12H2,1-5H3,(H,22,23)/t17-,18-,19+,20-,21-/m1/s1. The van der Waals surface area contributed by atoms with E-state index in [-0.39, 0.29) is 19.8 Å². The van der Waals surface area contributed by atoms with Crippen LogP contribution in [-0.4, -0.2) is 94.1 Å². The molecule has 0 unspecified atom stereocenters. The van der Waals surface area contributed by atoms with E-state index in [0.717, 1.165) is 6.42 Å². The van der Waals surface area contributed by atoms with Crippen LogP contribution in [0.5, 0.6) is 0 Å². The summed E-state index contributed by atoms with van der Waals surface area (Å²) in [6.45, 7) is 8.32. The second kappa shape index (κ2) is 15.5. The molecule has 0 aromatic carbocycles. The van der Waals surface area contributed by atoms with Crippen molar-refractivity contribution in [2.24, 2.45) is 0 Å². The van der Waals surface area contributed by atoms with Gasteiger partial charge in [-0.15, -0.1) is 0 Å². The quantitative estimate of drug-likeness (QED) is 0.207. The smallest absolute Gasteiger partial charge is 0.303 e. The van der Waals surface area contributed by atoms with Gasteiger partial charge in [0.15, 0.2) is 18.5 Å². The fraction of sp³-hybridized carbons (Fsp3) is 0.810. The van der Waals surface area contributed by atoms with Crippen molar-refractivity contribution in [3.8, 4) is 0 Å². The predicted molar refractivity (Wildman–Crippen MR) is 112 cm³/mol. The van der Waals surface area contributed by atoms with Crippen molar-refractivity contribution in [1.82, 2.24) is 5.32 Å². The molecule has 190 valence electrons. The van der Waals surface area contributed by atoms with Gasteiger partial charge < -0.3 is 38.5 Å². The summed E-state index contributed by atoms with van der Waals surface area (Å²) in [7, 11) is 0. The second-order valence-electron chi connectivity index (χ2n) is 7.32. The molecule has 1 amide bonds. The molecule has 1 fully saturated rings. The zero-order valence-electron chi connectivity index (χ0n) is 19.8. The molecule has 0 bridgehead atoms. The molecule has 33 heavy (non-hydrogen) atoms. The number of carbonyl (C=O) groups excluding carboxylic acids is 4. The largest absolute Gasteiger partial charge is 0.463 e. The van der Waals surface area contributed by atoms with Crippen LogP contribution in [0.15, 0.2) is 0 Å². The van der Waals surface area contributed by atoms with Crippen LogP contribution in [0.25, 0.3) is 0 Å². The van der Waals surface area contributed by atoms with Gasteiger partial charge in [-0.05, 0) is 6.42 Å². The Morgan fingerprint density at radius 3 is 1.91 bits per heavy atom. The molecule has 0 aromatic heterocycles. The molecule has 1 N–H and O–H groups in total. The highest BCUT2D eigenvalue weighted by Gasteiger charge is 2.51. The van der Waals surface area contributed by atoms with Crippen LogP contribution >= 0.6 is 0 Å². The van der Waals surface area contributed by atoms with Gasteiger partial charge in [0.1, 0.15) is 18.8 Å². The van der Waals surface area contributed by atoms with E-state index in [1.807, 2.05) is 6.92 Å². The average Bonchev–Trinajstić information content (AvgIpc) is 2.71. The van der Waals surface area contributed by atoms with E-state index in [0.29, 0.717) is 19.8 Å². The first-order valence-corrected chi connectivity index (χ1v) is 10.8. The highest BCUT2D eigenvalue weighted by Crippen LogP contribution is 2.28. The molecule has 1 heterocycles. The van der Waals surface area contributed by atoms with Crippen molar-refractivity contribution >= 4 is 23.8 Å². The summed E-state index contributed by atoms with van der Waals surface area (Å²) in [4.78, 5) is 46.6. The summed E-state index contributed by atoms with van der Waals surface area (Å²) in [6.07, 6.45) is -3.52. The number of amides is 1. The van der Waals surface area contributed by atoms with E-state index in [2.05, 4.69) is 5.32 Å². The van der Waals surface area contributed by atoms with Gasteiger partial charge in [-0.1, -0.05) is 6.92 Å². The number of carbonyl (C=O) groups is 4. The van der Waals surface area contributed by atoms with Crippen LogP contribution in [-0.2, 0) is 52.3 Å². The summed E-state index contributed by atoms with van der Waals surface area (Å²) in [5, 5.41) is 2.63. The molecular formula is C21H35NO11. The Hall–Kier alpha value is -2.28. The lowest BCUT2D eigenvalue weighted by Gasteiger charge is -2.44. The van der Waals surface area contributed by atoms with Gasteiger partial charge in [-0.2, -0.15) is 0 Å². The normalized spacial score (nSPS) is 24.6. The molecule has 1 aliphatic rings. The maximum Gasteiger partial charge on any atom is 0.303 e. The van der Waals surface area contributed by atoms with E-state index in [1.165, 1.54) is 27.7 Å². The first-order chi connectivity index (χ1) is 15.6. The lowest BCUT2D eigenvalue weighted by atomic mass is 9.96. The summed E-state index contributed by atoms with van der Waals surface area (Å²) < 4.78 is 38.1. The highest BCUT2D eigenvalue weighted by molar-refractivity contribution is 5.73. The van der Waals surface area contributed by atoms with Crippen LogP contribution in [0.1, 0.15) is 41.0 Å². The lowest BCUT2D eigenvalue weighted by molar-refractivity contribution is -0.279. The van der Waals surface area contributed by atoms with Crippen molar-refractivity contribution in [3.05, 3.63) is 0 Å². The van der Waals surface area contributed by atoms with Crippen molar-refractivity contribution < 1.29 is 52.3 Å².